The second kappa shape index (κ2) is 8.53. The number of carbonyl (C=O) groups excluding carboxylic acids is 1. The normalized spacial score (nSPS) is 10.2. The van der Waals surface area contributed by atoms with Crippen LogP contribution in [0.25, 0.3) is 6.08 Å². The van der Waals surface area contributed by atoms with Crippen molar-refractivity contribution in [1.29, 1.82) is 0 Å². The third-order valence-corrected chi connectivity index (χ3v) is 3.43. The summed E-state index contributed by atoms with van der Waals surface area (Å²) in [6.07, 6.45) is 3.13. The summed E-state index contributed by atoms with van der Waals surface area (Å²) < 4.78 is 0. The Morgan fingerprint density at radius 2 is 1.40 bits per heavy atom. The second-order valence-electron chi connectivity index (χ2n) is 5.45. The summed E-state index contributed by atoms with van der Waals surface area (Å²) in [6.45, 7) is 7.22. The Balaban J connectivity index is 0.000000257. The lowest BCUT2D eigenvalue weighted by molar-refractivity contribution is -0.400. The molecule has 0 amide bonds. The van der Waals surface area contributed by atoms with E-state index in [1.165, 1.54) is 6.08 Å². The van der Waals surface area contributed by atoms with Crippen LogP contribution in [0.4, 0.5) is 11.6 Å². The van der Waals surface area contributed by atoms with E-state index in [1.54, 1.807) is 26.0 Å². The van der Waals surface area contributed by atoms with Gasteiger partial charge in [0.25, 0.3) is 0 Å². The summed E-state index contributed by atoms with van der Waals surface area (Å²) in [7, 11) is 0. The SMILES string of the molecule is Cc1cc(N)nc(C)c1/C=C/[N+](=O)[O-].Cc1cc(N)nc(C)c1C=O. The van der Waals surface area contributed by atoms with E-state index in [2.05, 4.69) is 9.97 Å². The van der Waals surface area contributed by atoms with Crippen LogP contribution < -0.4 is 11.5 Å². The van der Waals surface area contributed by atoms with E-state index < -0.39 is 4.92 Å². The molecule has 0 aromatic carbocycles. The van der Waals surface area contributed by atoms with E-state index in [1.807, 2.05) is 13.8 Å². The lowest BCUT2D eigenvalue weighted by Gasteiger charge is -2.04. The molecule has 0 unspecified atom stereocenters. The number of aldehydes is 1. The number of aryl methyl sites for hydroxylation is 4. The zero-order valence-corrected chi connectivity index (χ0v) is 14.6. The predicted octanol–water partition coefficient (Wildman–Crippen LogP) is 2.62. The first-order chi connectivity index (χ1) is 11.6. The fraction of sp³-hybridized carbons (Fsp3) is 0.235. The lowest BCUT2D eigenvalue weighted by atomic mass is 10.1. The third kappa shape index (κ3) is 5.69. The average Bonchev–Trinajstić information content (AvgIpc) is 2.45. The molecule has 2 heterocycles. The highest BCUT2D eigenvalue weighted by Crippen LogP contribution is 2.16. The smallest absolute Gasteiger partial charge is 0.235 e. The zero-order chi connectivity index (χ0) is 19.1. The number of rotatable bonds is 3. The summed E-state index contributed by atoms with van der Waals surface area (Å²) in [4.78, 5) is 28.1. The number of nitrogens with two attached hydrogens (primary N) is 2. The van der Waals surface area contributed by atoms with Crippen molar-refractivity contribution >= 4 is 24.0 Å². The molecule has 0 spiro atoms. The van der Waals surface area contributed by atoms with Gasteiger partial charge in [0.2, 0.25) is 6.20 Å². The molecule has 0 aliphatic heterocycles. The van der Waals surface area contributed by atoms with Gasteiger partial charge in [0.05, 0.1) is 10.6 Å². The van der Waals surface area contributed by atoms with Crippen LogP contribution in [0.1, 0.15) is 38.4 Å². The van der Waals surface area contributed by atoms with Crippen molar-refractivity contribution in [3.8, 4) is 0 Å². The number of nitrogen functional groups attached to an aromatic ring is 2. The van der Waals surface area contributed by atoms with Gasteiger partial charge >= 0.3 is 0 Å². The highest BCUT2D eigenvalue weighted by atomic mass is 16.6. The molecule has 0 saturated carbocycles. The van der Waals surface area contributed by atoms with Crippen LogP contribution in [0.2, 0.25) is 0 Å². The Kier molecular flexibility index (Phi) is 6.74. The largest absolute Gasteiger partial charge is 0.384 e. The second-order valence-corrected chi connectivity index (χ2v) is 5.45. The van der Waals surface area contributed by atoms with Gasteiger partial charge in [0.1, 0.15) is 11.6 Å². The number of aromatic nitrogens is 2. The minimum absolute atomic E-state index is 0.429. The monoisotopic (exact) mass is 343 g/mol. The number of nitro groups is 1. The number of nitrogens with zero attached hydrogens (tertiary/aromatic N) is 3. The molecule has 0 aliphatic rings. The fourth-order valence-electron chi connectivity index (χ4n) is 2.31. The average molecular weight is 343 g/mol. The summed E-state index contributed by atoms with van der Waals surface area (Å²) in [6, 6.07) is 3.38. The van der Waals surface area contributed by atoms with E-state index in [-0.39, 0.29) is 0 Å². The van der Waals surface area contributed by atoms with E-state index in [4.69, 9.17) is 11.5 Å². The van der Waals surface area contributed by atoms with E-state index in [0.29, 0.717) is 28.6 Å². The van der Waals surface area contributed by atoms with Gasteiger partial charge in [-0.2, -0.15) is 0 Å². The molecule has 8 heteroatoms. The maximum Gasteiger partial charge on any atom is 0.235 e. The fourth-order valence-corrected chi connectivity index (χ4v) is 2.31. The van der Waals surface area contributed by atoms with E-state index in [9.17, 15) is 14.9 Å². The Labute approximate surface area is 145 Å². The molecule has 0 fully saturated rings. The summed E-state index contributed by atoms with van der Waals surface area (Å²) >= 11 is 0. The molecule has 4 N–H and O–H groups in total. The van der Waals surface area contributed by atoms with Gasteiger partial charge in [0, 0.05) is 22.9 Å². The summed E-state index contributed by atoms with van der Waals surface area (Å²) in [5.41, 5.74) is 15.5. The van der Waals surface area contributed by atoms with Crippen molar-refractivity contribution in [1.82, 2.24) is 9.97 Å². The van der Waals surface area contributed by atoms with Crippen molar-refractivity contribution < 1.29 is 9.72 Å². The molecule has 0 aliphatic carbocycles. The highest BCUT2D eigenvalue weighted by Gasteiger charge is 2.03. The number of hydrogen-bond acceptors (Lipinski definition) is 7. The first-order valence-electron chi connectivity index (χ1n) is 7.40. The molecule has 132 valence electrons. The quantitative estimate of drug-likeness (QED) is 0.496. The standard InChI is InChI=1S/C9H11N3O2.C8H10N2O/c1-6-5-9(10)11-7(2)8(6)3-4-12(13)14;1-5-3-8(9)10-6(2)7(5)4-11/h3-5H,1-2H3,(H2,10,11);3-4H,1-2H3,(H2,9,10)/b4-3+;. The molecule has 25 heavy (non-hydrogen) atoms. The Morgan fingerprint density at radius 1 is 0.960 bits per heavy atom. The van der Waals surface area contributed by atoms with Crippen molar-refractivity contribution in [3.63, 3.8) is 0 Å². The number of hydrogen-bond donors (Lipinski definition) is 2. The molecule has 8 nitrogen and oxygen atoms in total. The maximum absolute atomic E-state index is 10.5. The predicted molar refractivity (Wildman–Crippen MR) is 97.7 cm³/mol. The van der Waals surface area contributed by atoms with Crippen molar-refractivity contribution in [2.24, 2.45) is 0 Å². The van der Waals surface area contributed by atoms with Crippen molar-refractivity contribution in [2.45, 2.75) is 27.7 Å². The third-order valence-electron chi connectivity index (χ3n) is 3.43. The van der Waals surface area contributed by atoms with Crippen LogP contribution >= 0.6 is 0 Å². The summed E-state index contributed by atoms with van der Waals surface area (Å²) in [5, 5.41) is 10.1. The van der Waals surface area contributed by atoms with E-state index >= 15 is 0 Å². The van der Waals surface area contributed by atoms with Gasteiger partial charge in [-0.3, -0.25) is 14.9 Å². The zero-order valence-electron chi connectivity index (χ0n) is 14.6. The van der Waals surface area contributed by atoms with Gasteiger partial charge in [-0.15, -0.1) is 0 Å². The Morgan fingerprint density at radius 3 is 1.76 bits per heavy atom. The lowest BCUT2D eigenvalue weighted by Crippen LogP contribution is -1.99. The highest BCUT2D eigenvalue weighted by molar-refractivity contribution is 5.79. The molecule has 2 rings (SSSR count). The van der Waals surface area contributed by atoms with Crippen LogP contribution in [0.15, 0.2) is 18.3 Å². The first kappa shape index (κ1) is 19.8. The molecule has 0 atom stereocenters. The van der Waals surface area contributed by atoms with Crippen molar-refractivity contribution in [2.75, 3.05) is 11.5 Å². The molecular formula is C17H21N5O3. The van der Waals surface area contributed by atoms with Gasteiger partial charge in [-0.1, -0.05) is 0 Å². The molecule has 0 bridgehead atoms. The molecule has 2 aromatic heterocycles. The van der Waals surface area contributed by atoms with Crippen LogP contribution in [-0.2, 0) is 0 Å². The van der Waals surface area contributed by atoms with Crippen LogP contribution in [0.3, 0.4) is 0 Å². The van der Waals surface area contributed by atoms with Crippen molar-refractivity contribution in [3.05, 3.63) is 62.1 Å². The van der Waals surface area contributed by atoms with E-state index in [0.717, 1.165) is 29.2 Å². The van der Waals surface area contributed by atoms with Crippen LogP contribution in [-0.4, -0.2) is 21.2 Å². The minimum atomic E-state index is -0.505. The Bertz CT molecular complexity index is 785. The maximum atomic E-state index is 10.5. The summed E-state index contributed by atoms with van der Waals surface area (Å²) in [5.74, 6) is 0.892. The van der Waals surface area contributed by atoms with Gasteiger partial charge < -0.3 is 11.5 Å². The number of anilines is 2. The minimum Gasteiger partial charge on any atom is -0.384 e. The number of pyridine rings is 2. The van der Waals surface area contributed by atoms with Gasteiger partial charge in [-0.25, -0.2) is 9.97 Å². The topological polar surface area (TPSA) is 138 Å². The molecule has 0 saturated heterocycles. The van der Waals surface area contributed by atoms with Crippen LogP contribution in [0.5, 0.6) is 0 Å². The first-order valence-corrected chi connectivity index (χ1v) is 7.40. The number of carbonyl (C=O) groups is 1. The molecule has 0 radical (unpaired) electrons. The molecular weight excluding hydrogens is 322 g/mol. The van der Waals surface area contributed by atoms with Crippen LogP contribution in [0, 0.1) is 37.8 Å². The Hall–Kier alpha value is -3.29. The van der Waals surface area contributed by atoms with Gasteiger partial charge in [-0.05, 0) is 51.0 Å². The molecule has 2 aromatic rings. The van der Waals surface area contributed by atoms with Gasteiger partial charge in [0.15, 0.2) is 6.29 Å².